The van der Waals surface area contributed by atoms with Gasteiger partial charge in [-0.15, -0.1) is 0 Å². The van der Waals surface area contributed by atoms with Crippen LogP contribution in [0.3, 0.4) is 0 Å². The van der Waals surface area contributed by atoms with E-state index in [9.17, 15) is 4.79 Å². The van der Waals surface area contributed by atoms with Crippen molar-refractivity contribution < 1.29 is 4.79 Å². The quantitative estimate of drug-likeness (QED) is 0.572. The fraction of sp³-hybridized carbons (Fsp3) is 0.833. The zero-order valence-electron chi connectivity index (χ0n) is 6.79. The smallest absolute Gasteiger partial charge is 0.319 e. The third kappa shape index (κ3) is 2.68. The van der Waals surface area contributed by atoms with E-state index >= 15 is 0 Å². The van der Waals surface area contributed by atoms with Crippen molar-refractivity contribution in [2.45, 2.75) is 0 Å². The van der Waals surface area contributed by atoms with Crippen LogP contribution in [0.15, 0.2) is 0 Å². The van der Waals surface area contributed by atoms with E-state index < -0.39 is 0 Å². The molecule has 0 rings (SSSR count). The number of hydrogen-bond acceptors (Lipinski definition) is 2. The van der Waals surface area contributed by atoms with Gasteiger partial charge in [-0.2, -0.15) is 0 Å². The lowest BCUT2D eigenvalue weighted by molar-refractivity contribution is 0.183. The Hall–Kier alpha value is -0.770. The normalized spacial score (nSPS) is 9.20. The summed E-state index contributed by atoms with van der Waals surface area (Å²) >= 11 is 0. The van der Waals surface area contributed by atoms with Crippen molar-refractivity contribution in [1.29, 1.82) is 0 Å². The fourth-order valence-corrected chi connectivity index (χ4v) is 0.631. The monoisotopic (exact) mass is 145 g/mol. The number of hydrogen-bond donors (Lipinski definition) is 1. The van der Waals surface area contributed by atoms with Crippen LogP contribution in [0.25, 0.3) is 0 Å². The van der Waals surface area contributed by atoms with E-state index in [2.05, 4.69) is 0 Å². The zero-order chi connectivity index (χ0) is 8.15. The molecule has 0 aromatic carbocycles. The standard InChI is InChI=1S/C6H15N3O/c1-8(2)6(10)9(3)5-4-7/h4-5,7H2,1-3H3. The van der Waals surface area contributed by atoms with Gasteiger partial charge in [0, 0.05) is 34.2 Å². The van der Waals surface area contributed by atoms with Crippen LogP contribution in [-0.2, 0) is 0 Å². The molecule has 0 heterocycles. The first-order chi connectivity index (χ1) is 4.59. The first-order valence-corrected chi connectivity index (χ1v) is 3.22. The maximum atomic E-state index is 11.0. The van der Waals surface area contributed by atoms with Crippen molar-refractivity contribution in [3.05, 3.63) is 0 Å². The van der Waals surface area contributed by atoms with Crippen LogP contribution < -0.4 is 5.73 Å². The Morgan fingerprint density at radius 3 is 2.20 bits per heavy atom. The lowest BCUT2D eigenvalue weighted by Gasteiger charge is -2.20. The highest BCUT2D eigenvalue weighted by Gasteiger charge is 2.07. The van der Waals surface area contributed by atoms with E-state index in [0.29, 0.717) is 13.1 Å². The van der Waals surface area contributed by atoms with E-state index in [1.54, 1.807) is 26.0 Å². The Morgan fingerprint density at radius 1 is 1.40 bits per heavy atom. The molecular formula is C6H15N3O. The predicted molar refractivity (Wildman–Crippen MR) is 40.8 cm³/mol. The molecule has 0 saturated carbocycles. The zero-order valence-corrected chi connectivity index (χ0v) is 6.79. The van der Waals surface area contributed by atoms with Crippen LogP contribution in [0.4, 0.5) is 4.79 Å². The van der Waals surface area contributed by atoms with Crippen molar-refractivity contribution in [2.24, 2.45) is 5.73 Å². The Balaban J connectivity index is 3.71. The van der Waals surface area contributed by atoms with Crippen molar-refractivity contribution in [2.75, 3.05) is 34.2 Å². The molecule has 0 aliphatic rings. The largest absolute Gasteiger partial charge is 0.331 e. The minimum Gasteiger partial charge on any atom is -0.331 e. The maximum Gasteiger partial charge on any atom is 0.319 e. The van der Waals surface area contributed by atoms with Crippen molar-refractivity contribution in [3.8, 4) is 0 Å². The molecule has 0 aliphatic heterocycles. The average molecular weight is 145 g/mol. The molecule has 0 radical (unpaired) electrons. The number of rotatable bonds is 2. The third-order valence-electron chi connectivity index (χ3n) is 1.17. The molecule has 0 unspecified atom stereocenters. The molecule has 0 atom stereocenters. The van der Waals surface area contributed by atoms with E-state index in [0.717, 1.165) is 0 Å². The summed E-state index contributed by atoms with van der Waals surface area (Å²) in [7, 11) is 5.17. The van der Waals surface area contributed by atoms with Gasteiger partial charge in [0.25, 0.3) is 0 Å². The van der Waals surface area contributed by atoms with Crippen LogP contribution in [0.2, 0.25) is 0 Å². The number of nitrogens with two attached hydrogens (primary N) is 1. The van der Waals surface area contributed by atoms with Crippen LogP contribution in [0.1, 0.15) is 0 Å². The molecule has 2 N–H and O–H groups in total. The van der Waals surface area contributed by atoms with Crippen LogP contribution >= 0.6 is 0 Å². The Morgan fingerprint density at radius 2 is 1.90 bits per heavy atom. The summed E-state index contributed by atoms with van der Waals surface area (Å²) < 4.78 is 0. The van der Waals surface area contributed by atoms with Crippen LogP contribution in [-0.4, -0.2) is 50.1 Å². The van der Waals surface area contributed by atoms with Crippen LogP contribution in [0.5, 0.6) is 0 Å². The number of urea groups is 1. The van der Waals surface area contributed by atoms with Crippen molar-refractivity contribution in [1.82, 2.24) is 9.80 Å². The topological polar surface area (TPSA) is 49.6 Å². The van der Waals surface area contributed by atoms with Crippen LogP contribution in [0, 0.1) is 0 Å². The summed E-state index contributed by atoms with van der Waals surface area (Å²) in [5.41, 5.74) is 5.25. The molecule has 0 spiro atoms. The molecule has 4 nitrogen and oxygen atoms in total. The van der Waals surface area contributed by atoms with E-state index in [1.165, 1.54) is 4.90 Å². The molecule has 60 valence electrons. The number of amides is 2. The highest BCUT2D eigenvalue weighted by Crippen LogP contribution is 1.87. The maximum absolute atomic E-state index is 11.0. The number of carbonyl (C=O) groups excluding carboxylic acids is 1. The molecule has 10 heavy (non-hydrogen) atoms. The second-order valence-electron chi connectivity index (χ2n) is 2.39. The molecule has 0 aromatic rings. The van der Waals surface area contributed by atoms with Gasteiger partial charge >= 0.3 is 6.03 Å². The second-order valence-corrected chi connectivity index (χ2v) is 2.39. The summed E-state index contributed by atoms with van der Waals surface area (Å²) in [4.78, 5) is 14.1. The summed E-state index contributed by atoms with van der Waals surface area (Å²) in [5, 5.41) is 0. The number of nitrogens with zero attached hydrogens (tertiary/aromatic N) is 2. The molecule has 4 heteroatoms. The van der Waals surface area contributed by atoms with Gasteiger partial charge in [-0.3, -0.25) is 0 Å². The predicted octanol–water partition coefficient (Wildman–Crippen LogP) is -0.441. The van der Waals surface area contributed by atoms with Gasteiger partial charge in [0.1, 0.15) is 0 Å². The van der Waals surface area contributed by atoms with Gasteiger partial charge < -0.3 is 15.5 Å². The summed E-state index contributed by atoms with van der Waals surface area (Å²) in [6, 6.07) is -0.00884. The summed E-state index contributed by atoms with van der Waals surface area (Å²) in [5.74, 6) is 0. The van der Waals surface area contributed by atoms with Crippen molar-refractivity contribution in [3.63, 3.8) is 0 Å². The summed E-state index contributed by atoms with van der Waals surface area (Å²) in [6.07, 6.45) is 0. The van der Waals surface area contributed by atoms with Gasteiger partial charge in [0.2, 0.25) is 0 Å². The Bertz CT molecular complexity index is 114. The highest BCUT2D eigenvalue weighted by molar-refractivity contribution is 5.73. The van der Waals surface area contributed by atoms with Crippen molar-refractivity contribution >= 4 is 6.03 Å². The minimum absolute atomic E-state index is 0.00884. The first-order valence-electron chi connectivity index (χ1n) is 3.22. The lowest BCUT2D eigenvalue weighted by Crippen LogP contribution is -2.38. The first kappa shape index (κ1) is 9.23. The molecule has 0 fully saturated rings. The fourth-order valence-electron chi connectivity index (χ4n) is 0.631. The molecule has 0 aromatic heterocycles. The van der Waals surface area contributed by atoms with Gasteiger partial charge in [0.15, 0.2) is 0 Å². The molecule has 2 amide bonds. The van der Waals surface area contributed by atoms with Gasteiger partial charge in [-0.1, -0.05) is 0 Å². The Kier molecular flexibility index (Phi) is 3.79. The summed E-state index contributed by atoms with van der Waals surface area (Å²) in [6.45, 7) is 1.12. The van der Waals surface area contributed by atoms with Gasteiger partial charge in [-0.25, -0.2) is 4.79 Å². The molecule has 0 saturated heterocycles. The lowest BCUT2D eigenvalue weighted by atomic mass is 10.6. The molecule has 0 aliphatic carbocycles. The Labute approximate surface area is 61.6 Å². The van der Waals surface area contributed by atoms with E-state index in [1.807, 2.05) is 0 Å². The van der Waals surface area contributed by atoms with E-state index in [-0.39, 0.29) is 6.03 Å². The average Bonchev–Trinajstić information content (AvgIpc) is 1.87. The third-order valence-corrected chi connectivity index (χ3v) is 1.17. The number of likely N-dealkylation sites (N-methyl/N-ethyl adjacent to an activating group) is 1. The van der Waals surface area contributed by atoms with E-state index in [4.69, 9.17) is 5.73 Å². The molecule has 0 bridgehead atoms. The number of carbonyl (C=O) groups is 1. The highest BCUT2D eigenvalue weighted by atomic mass is 16.2. The molecular weight excluding hydrogens is 130 g/mol. The SMILES string of the molecule is CN(C)C(=O)N(C)CCN. The second kappa shape index (κ2) is 4.11. The minimum atomic E-state index is -0.00884. The van der Waals surface area contributed by atoms with Gasteiger partial charge in [0.05, 0.1) is 0 Å². The van der Waals surface area contributed by atoms with Gasteiger partial charge in [-0.05, 0) is 0 Å².